The zero-order valence-electron chi connectivity index (χ0n) is 9.47. The van der Waals surface area contributed by atoms with Crippen LogP contribution in [0.25, 0.3) is 0 Å². The van der Waals surface area contributed by atoms with Crippen LogP contribution in [0.4, 0.5) is 4.39 Å². The van der Waals surface area contributed by atoms with E-state index in [1.165, 1.54) is 0 Å². The highest BCUT2D eigenvalue weighted by Crippen LogP contribution is 2.32. The fraction of sp³-hybridized carbons (Fsp3) is 0.417. The highest BCUT2D eigenvalue weighted by molar-refractivity contribution is 9.10. The number of carboxylic acids is 1. The van der Waals surface area contributed by atoms with Gasteiger partial charge in [-0.25, -0.2) is 4.39 Å². The van der Waals surface area contributed by atoms with Gasteiger partial charge in [-0.15, -0.1) is 0 Å². The number of hydrogen-bond acceptors (Lipinski definition) is 1. The van der Waals surface area contributed by atoms with Crippen LogP contribution in [0, 0.1) is 12.7 Å². The first-order valence-corrected chi connectivity index (χ1v) is 5.71. The van der Waals surface area contributed by atoms with Crippen molar-refractivity contribution in [1.29, 1.82) is 0 Å². The van der Waals surface area contributed by atoms with Gasteiger partial charge in [0.2, 0.25) is 0 Å². The minimum absolute atomic E-state index is 0.0974. The second-order valence-corrected chi connectivity index (χ2v) is 5.45. The van der Waals surface area contributed by atoms with Gasteiger partial charge >= 0.3 is 5.97 Å². The lowest BCUT2D eigenvalue weighted by atomic mass is 9.80. The third-order valence-electron chi connectivity index (χ3n) is 2.54. The molecule has 0 bridgehead atoms. The van der Waals surface area contributed by atoms with Gasteiger partial charge in [-0.3, -0.25) is 4.79 Å². The van der Waals surface area contributed by atoms with Crippen LogP contribution >= 0.6 is 15.9 Å². The molecule has 0 fully saturated rings. The number of aryl methyl sites for hydroxylation is 1. The summed E-state index contributed by atoms with van der Waals surface area (Å²) < 4.78 is 14.7. The van der Waals surface area contributed by atoms with E-state index in [0.29, 0.717) is 11.1 Å². The molecule has 2 nitrogen and oxygen atoms in total. The molecule has 88 valence electrons. The standard InChI is InChI=1S/C12H14BrFO2/c1-7-4-8(13)5-9(11(7)14)12(2,3)6-10(15)16/h4-5H,6H2,1-3H3,(H,15,16). The van der Waals surface area contributed by atoms with E-state index in [-0.39, 0.29) is 12.2 Å². The van der Waals surface area contributed by atoms with Crippen LogP contribution in [0.2, 0.25) is 0 Å². The van der Waals surface area contributed by atoms with Crippen LogP contribution in [0.3, 0.4) is 0 Å². The van der Waals surface area contributed by atoms with E-state index >= 15 is 0 Å². The van der Waals surface area contributed by atoms with E-state index in [1.807, 2.05) is 0 Å². The maximum Gasteiger partial charge on any atom is 0.304 e. The average Bonchev–Trinajstić information content (AvgIpc) is 2.08. The molecule has 0 atom stereocenters. The molecule has 0 aliphatic carbocycles. The zero-order chi connectivity index (χ0) is 12.5. The number of rotatable bonds is 3. The molecule has 1 N–H and O–H groups in total. The Morgan fingerprint density at radius 1 is 1.50 bits per heavy atom. The van der Waals surface area contributed by atoms with Gasteiger partial charge in [0.25, 0.3) is 0 Å². The molecule has 0 saturated heterocycles. The Morgan fingerprint density at radius 3 is 2.56 bits per heavy atom. The number of carbonyl (C=O) groups is 1. The minimum atomic E-state index is -0.929. The molecule has 0 spiro atoms. The summed E-state index contributed by atoms with van der Waals surface area (Å²) in [6, 6.07) is 3.32. The van der Waals surface area contributed by atoms with Crippen LogP contribution in [-0.4, -0.2) is 11.1 Å². The van der Waals surface area contributed by atoms with Gasteiger partial charge < -0.3 is 5.11 Å². The predicted molar refractivity (Wildman–Crippen MR) is 64.1 cm³/mol. The largest absolute Gasteiger partial charge is 0.481 e. The summed E-state index contributed by atoms with van der Waals surface area (Å²) in [6.45, 7) is 5.12. The van der Waals surface area contributed by atoms with Crippen LogP contribution < -0.4 is 0 Å². The predicted octanol–water partition coefficient (Wildman–Crippen LogP) is 3.65. The fourth-order valence-electron chi connectivity index (χ4n) is 1.69. The summed E-state index contributed by atoms with van der Waals surface area (Å²) in [4.78, 5) is 10.7. The van der Waals surface area contributed by atoms with E-state index < -0.39 is 11.4 Å². The topological polar surface area (TPSA) is 37.3 Å². The molecule has 0 amide bonds. The molecule has 0 aromatic heterocycles. The van der Waals surface area contributed by atoms with Crippen LogP contribution in [0.15, 0.2) is 16.6 Å². The molecule has 0 unspecified atom stereocenters. The van der Waals surface area contributed by atoms with Gasteiger partial charge in [0.15, 0.2) is 0 Å². The number of hydrogen-bond donors (Lipinski definition) is 1. The molecule has 1 aromatic carbocycles. The third-order valence-corrected chi connectivity index (χ3v) is 3.00. The SMILES string of the molecule is Cc1cc(Br)cc(C(C)(C)CC(=O)O)c1F. The second-order valence-electron chi connectivity index (χ2n) is 4.54. The summed E-state index contributed by atoms with van der Waals surface area (Å²) in [6.07, 6.45) is -0.0974. The highest BCUT2D eigenvalue weighted by Gasteiger charge is 2.28. The molecule has 0 aliphatic heterocycles. The number of benzene rings is 1. The van der Waals surface area contributed by atoms with Crippen LogP contribution in [0.1, 0.15) is 31.4 Å². The molecule has 1 aromatic rings. The van der Waals surface area contributed by atoms with E-state index in [9.17, 15) is 9.18 Å². The van der Waals surface area contributed by atoms with E-state index in [4.69, 9.17) is 5.11 Å². The summed E-state index contributed by atoms with van der Waals surface area (Å²) in [5, 5.41) is 8.81. The van der Waals surface area contributed by atoms with Crippen molar-refractivity contribution in [2.45, 2.75) is 32.6 Å². The van der Waals surface area contributed by atoms with Crippen molar-refractivity contribution < 1.29 is 14.3 Å². The monoisotopic (exact) mass is 288 g/mol. The van der Waals surface area contributed by atoms with Gasteiger partial charge in [0, 0.05) is 9.89 Å². The third kappa shape index (κ3) is 2.82. The Bertz CT molecular complexity index is 427. The molecule has 0 heterocycles. The molecular formula is C12H14BrFO2. The summed E-state index contributed by atoms with van der Waals surface area (Å²) >= 11 is 3.29. The lowest BCUT2D eigenvalue weighted by Crippen LogP contribution is -2.23. The van der Waals surface area contributed by atoms with Crippen molar-refractivity contribution in [2.24, 2.45) is 0 Å². The molecule has 0 saturated carbocycles. The van der Waals surface area contributed by atoms with Gasteiger partial charge in [-0.1, -0.05) is 29.8 Å². The van der Waals surface area contributed by atoms with E-state index in [2.05, 4.69) is 15.9 Å². The van der Waals surface area contributed by atoms with E-state index in [1.54, 1.807) is 32.9 Å². The lowest BCUT2D eigenvalue weighted by Gasteiger charge is -2.24. The molecule has 0 radical (unpaired) electrons. The summed E-state index contributed by atoms with van der Waals surface area (Å²) in [7, 11) is 0. The first-order chi connectivity index (χ1) is 7.24. The van der Waals surface area contributed by atoms with Crippen LogP contribution in [0.5, 0.6) is 0 Å². The maximum absolute atomic E-state index is 13.9. The normalized spacial score (nSPS) is 11.6. The van der Waals surface area contributed by atoms with Crippen molar-refractivity contribution in [3.8, 4) is 0 Å². The molecular weight excluding hydrogens is 275 g/mol. The average molecular weight is 289 g/mol. The van der Waals surface area contributed by atoms with Crippen molar-refractivity contribution in [1.82, 2.24) is 0 Å². The number of halogens is 2. The Labute approximate surface area is 103 Å². The van der Waals surface area contributed by atoms with Crippen molar-refractivity contribution >= 4 is 21.9 Å². The van der Waals surface area contributed by atoms with Gasteiger partial charge in [0.05, 0.1) is 6.42 Å². The smallest absolute Gasteiger partial charge is 0.304 e. The second kappa shape index (κ2) is 4.53. The molecule has 4 heteroatoms. The first-order valence-electron chi connectivity index (χ1n) is 4.92. The minimum Gasteiger partial charge on any atom is -0.481 e. The van der Waals surface area contributed by atoms with Crippen molar-refractivity contribution in [3.05, 3.63) is 33.5 Å². The maximum atomic E-state index is 13.9. The number of carboxylic acid groups (broad SMARTS) is 1. The Hall–Kier alpha value is -0.900. The van der Waals surface area contributed by atoms with Gasteiger partial charge in [0.1, 0.15) is 5.82 Å². The van der Waals surface area contributed by atoms with E-state index in [0.717, 1.165) is 4.47 Å². The van der Waals surface area contributed by atoms with Gasteiger partial charge in [-0.05, 0) is 30.2 Å². The molecule has 16 heavy (non-hydrogen) atoms. The van der Waals surface area contributed by atoms with Crippen LogP contribution in [-0.2, 0) is 10.2 Å². The van der Waals surface area contributed by atoms with Crippen molar-refractivity contribution in [2.75, 3.05) is 0 Å². The Morgan fingerprint density at radius 2 is 2.06 bits per heavy atom. The quantitative estimate of drug-likeness (QED) is 0.922. The molecule has 0 aliphatic rings. The summed E-state index contributed by atoms with van der Waals surface area (Å²) in [5.41, 5.74) is 0.231. The molecule has 1 rings (SSSR count). The summed E-state index contributed by atoms with van der Waals surface area (Å²) in [5.74, 6) is -1.25. The van der Waals surface area contributed by atoms with Gasteiger partial charge in [-0.2, -0.15) is 0 Å². The fourth-order valence-corrected chi connectivity index (χ4v) is 2.26. The zero-order valence-corrected chi connectivity index (χ0v) is 11.1. The lowest BCUT2D eigenvalue weighted by molar-refractivity contribution is -0.138. The highest BCUT2D eigenvalue weighted by atomic mass is 79.9. The van der Waals surface area contributed by atoms with Crippen molar-refractivity contribution in [3.63, 3.8) is 0 Å². The number of aliphatic carboxylic acids is 1. The first kappa shape index (κ1) is 13.2. The Kier molecular flexibility index (Phi) is 3.73. The Balaban J connectivity index is 3.26.